The number of amides is 1. The van der Waals surface area contributed by atoms with Crippen LogP contribution < -0.4 is 10.6 Å². The second kappa shape index (κ2) is 12.2. The Morgan fingerprint density at radius 2 is 1.88 bits per heavy atom. The number of nitrogens with zero attached hydrogens (tertiary/aromatic N) is 5. The number of fused-ring (bicyclic) bond motifs is 2. The lowest BCUT2D eigenvalue weighted by Gasteiger charge is -2.15. The van der Waals surface area contributed by atoms with Crippen molar-refractivity contribution >= 4 is 33.8 Å². The van der Waals surface area contributed by atoms with Gasteiger partial charge in [-0.3, -0.25) is 9.78 Å². The number of benzene rings is 2. The van der Waals surface area contributed by atoms with Gasteiger partial charge in [-0.25, -0.2) is 4.98 Å². The number of pyridine rings is 1. The lowest BCUT2D eigenvalue weighted by atomic mass is 9.99. The van der Waals surface area contributed by atoms with Crippen molar-refractivity contribution in [3.05, 3.63) is 96.0 Å². The zero-order chi connectivity index (χ0) is 30.7. The molecule has 0 radical (unpaired) electrons. The predicted molar refractivity (Wildman–Crippen MR) is 163 cm³/mol. The van der Waals surface area contributed by atoms with Crippen LogP contribution in [0.3, 0.4) is 0 Å². The zero-order valence-electron chi connectivity index (χ0n) is 24.3. The number of carbonyl (C=O) groups is 1. The molecule has 0 fully saturated rings. The summed E-state index contributed by atoms with van der Waals surface area (Å²) in [5.41, 5.74) is 2.86. The van der Waals surface area contributed by atoms with Crippen LogP contribution in [-0.4, -0.2) is 51.0 Å². The average Bonchev–Trinajstić information content (AvgIpc) is 3.40. The summed E-state index contributed by atoms with van der Waals surface area (Å²) in [7, 11) is 3.85. The molecule has 0 saturated heterocycles. The Bertz CT molecular complexity index is 1810. The molecule has 0 unspecified atom stereocenters. The molecule has 11 heteroatoms. The number of aromatic nitrogens is 4. The number of halogens is 3. The molecule has 3 aromatic heterocycles. The van der Waals surface area contributed by atoms with Gasteiger partial charge in [0.1, 0.15) is 5.82 Å². The van der Waals surface area contributed by atoms with Crippen LogP contribution in [0.15, 0.2) is 79.1 Å². The number of nitrogens with one attached hydrogen (secondary N) is 2. The summed E-state index contributed by atoms with van der Waals surface area (Å²) in [6.45, 7) is 4.65. The maximum absolute atomic E-state index is 13.8. The summed E-state index contributed by atoms with van der Waals surface area (Å²) in [5.74, 6) is -0.0821. The van der Waals surface area contributed by atoms with Crippen LogP contribution in [0.4, 0.5) is 24.7 Å². The molecule has 1 amide bonds. The van der Waals surface area contributed by atoms with Gasteiger partial charge in [-0.05, 0) is 49.2 Å². The van der Waals surface area contributed by atoms with Crippen molar-refractivity contribution in [2.45, 2.75) is 32.5 Å². The lowest BCUT2D eigenvalue weighted by molar-refractivity contribution is -0.141. The Morgan fingerprint density at radius 1 is 1.09 bits per heavy atom. The van der Waals surface area contributed by atoms with Crippen LogP contribution in [0, 0.1) is 0 Å². The first-order chi connectivity index (χ1) is 20.5. The Balaban J connectivity index is 1.45. The van der Waals surface area contributed by atoms with E-state index in [1.54, 1.807) is 18.5 Å². The average molecular weight is 588 g/mol. The van der Waals surface area contributed by atoms with Crippen LogP contribution in [0.25, 0.3) is 27.7 Å². The Kier molecular flexibility index (Phi) is 8.45. The number of likely N-dealkylation sites (N-methyl/N-ethyl adjacent to an activating group) is 1. The minimum absolute atomic E-state index is 0.0483. The molecule has 2 N–H and O–H groups in total. The number of carbonyl (C=O) groups excluding carboxylic acids is 1. The first-order valence-corrected chi connectivity index (χ1v) is 13.8. The molecule has 0 spiro atoms. The van der Waals surface area contributed by atoms with Crippen LogP contribution in [0.2, 0.25) is 0 Å². The largest absolute Gasteiger partial charge is 0.433 e. The van der Waals surface area contributed by atoms with Crippen molar-refractivity contribution in [2.24, 2.45) is 0 Å². The monoisotopic (exact) mass is 587 g/mol. The second-order valence-electron chi connectivity index (χ2n) is 10.8. The molecule has 0 aliphatic heterocycles. The smallest absolute Gasteiger partial charge is 0.366 e. The summed E-state index contributed by atoms with van der Waals surface area (Å²) in [4.78, 5) is 22.8. The molecule has 5 rings (SSSR count). The fourth-order valence-electron chi connectivity index (χ4n) is 4.77. The van der Waals surface area contributed by atoms with Gasteiger partial charge in [0.15, 0.2) is 11.3 Å². The molecule has 5 aromatic rings. The van der Waals surface area contributed by atoms with Gasteiger partial charge in [0.05, 0.1) is 11.9 Å². The van der Waals surface area contributed by atoms with E-state index in [1.165, 1.54) is 10.6 Å². The topological polar surface area (TPSA) is 87.4 Å². The molecule has 0 saturated carbocycles. The molecule has 0 bridgehead atoms. The molecule has 222 valence electrons. The highest BCUT2D eigenvalue weighted by molar-refractivity contribution is 6.02. The van der Waals surface area contributed by atoms with E-state index >= 15 is 0 Å². The van der Waals surface area contributed by atoms with Crippen LogP contribution in [0.1, 0.15) is 36.6 Å². The highest BCUT2D eigenvalue weighted by atomic mass is 19.4. The summed E-state index contributed by atoms with van der Waals surface area (Å²) in [5, 5.41) is 12.1. The second-order valence-corrected chi connectivity index (χ2v) is 10.8. The first kappa shape index (κ1) is 29.7. The fourth-order valence-corrected chi connectivity index (χ4v) is 4.77. The van der Waals surface area contributed by atoms with Crippen molar-refractivity contribution in [1.29, 1.82) is 0 Å². The van der Waals surface area contributed by atoms with Gasteiger partial charge < -0.3 is 15.5 Å². The minimum atomic E-state index is -4.61. The van der Waals surface area contributed by atoms with Crippen molar-refractivity contribution in [3.8, 4) is 11.3 Å². The van der Waals surface area contributed by atoms with Crippen LogP contribution >= 0.6 is 0 Å². The van der Waals surface area contributed by atoms with Crippen molar-refractivity contribution in [2.75, 3.05) is 31.3 Å². The van der Waals surface area contributed by atoms with E-state index in [-0.39, 0.29) is 29.8 Å². The van der Waals surface area contributed by atoms with Gasteiger partial charge in [-0.15, -0.1) is 0 Å². The Hall–Kier alpha value is -4.77. The molecular weight excluding hydrogens is 555 g/mol. The third-order valence-electron chi connectivity index (χ3n) is 6.92. The van der Waals surface area contributed by atoms with Crippen molar-refractivity contribution in [1.82, 2.24) is 24.5 Å². The standard InChI is InChI=1S/C32H32F3N7O/c1-20(2)26-19-38-42-28(17-27(32(33,34)35)40-31(26)42)37-18-22-8-5-6-9-24(22)30-25-12-11-23(16-21(25)13-14-36-30)39-29(43)10-7-15-41(3)4/h5-14,16-17,19-20,37H,15,18H2,1-4H3,(H,39,43)/b10-7+. The molecule has 43 heavy (non-hydrogen) atoms. The molecular formula is C32H32F3N7O. The highest BCUT2D eigenvalue weighted by Gasteiger charge is 2.34. The number of rotatable bonds is 9. The maximum Gasteiger partial charge on any atom is 0.433 e. The quantitative estimate of drug-likeness (QED) is 0.186. The SMILES string of the molecule is CC(C)c1cnn2c(NCc3ccccc3-c3nccc4cc(NC(=O)/C=C/CN(C)C)ccc34)cc(C(F)(F)F)nc12. The lowest BCUT2D eigenvalue weighted by Crippen LogP contribution is -2.14. The third kappa shape index (κ3) is 6.67. The van der Waals surface area contributed by atoms with E-state index in [9.17, 15) is 18.0 Å². The van der Waals surface area contributed by atoms with Gasteiger partial charge in [-0.1, -0.05) is 50.3 Å². The van der Waals surface area contributed by atoms with Gasteiger partial charge >= 0.3 is 6.18 Å². The maximum atomic E-state index is 13.8. The van der Waals surface area contributed by atoms with Gasteiger partial charge in [0, 0.05) is 53.6 Å². The minimum Gasteiger partial charge on any atom is -0.366 e. The Morgan fingerprint density at radius 3 is 2.63 bits per heavy atom. The molecule has 3 heterocycles. The van der Waals surface area contributed by atoms with Crippen molar-refractivity contribution < 1.29 is 18.0 Å². The zero-order valence-corrected chi connectivity index (χ0v) is 24.3. The van der Waals surface area contributed by atoms with E-state index in [0.717, 1.165) is 33.7 Å². The van der Waals surface area contributed by atoms with Crippen LogP contribution in [0.5, 0.6) is 0 Å². The summed E-state index contributed by atoms with van der Waals surface area (Å²) >= 11 is 0. The third-order valence-corrected chi connectivity index (χ3v) is 6.92. The van der Waals surface area contributed by atoms with Crippen molar-refractivity contribution in [3.63, 3.8) is 0 Å². The predicted octanol–water partition coefficient (Wildman–Crippen LogP) is 6.76. The molecule has 8 nitrogen and oxygen atoms in total. The normalized spacial score (nSPS) is 12.2. The molecule has 0 aliphatic rings. The van der Waals surface area contributed by atoms with E-state index in [4.69, 9.17) is 0 Å². The van der Waals surface area contributed by atoms with Gasteiger partial charge in [0.2, 0.25) is 5.91 Å². The summed E-state index contributed by atoms with van der Waals surface area (Å²) < 4.78 is 42.7. The number of alkyl halides is 3. The van der Waals surface area contributed by atoms with Gasteiger partial charge in [-0.2, -0.15) is 22.8 Å². The molecule has 0 atom stereocenters. The van der Waals surface area contributed by atoms with E-state index in [0.29, 0.717) is 17.8 Å². The van der Waals surface area contributed by atoms with E-state index in [2.05, 4.69) is 25.7 Å². The van der Waals surface area contributed by atoms with E-state index < -0.39 is 11.9 Å². The Labute approximate surface area is 247 Å². The molecule has 0 aliphatic carbocycles. The molecule has 2 aromatic carbocycles. The first-order valence-electron chi connectivity index (χ1n) is 13.8. The summed E-state index contributed by atoms with van der Waals surface area (Å²) in [6.07, 6.45) is 1.95. The number of anilines is 2. The summed E-state index contributed by atoms with van der Waals surface area (Å²) in [6, 6.07) is 16.1. The van der Waals surface area contributed by atoms with Crippen LogP contribution in [-0.2, 0) is 17.5 Å². The van der Waals surface area contributed by atoms with E-state index in [1.807, 2.05) is 81.4 Å². The van der Waals surface area contributed by atoms with Gasteiger partial charge in [0.25, 0.3) is 0 Å². The number of hydrogen-bond donors (Lipinski definition) is 2. The number of hydrogen-bond acceptors (Lipinski definition) is 6. The highest BCUT2D eigenvalue weighted by Crippen LogP contribution is 2.33. The fraction of sp³-hybridized carbons (Fsp3) is 0.250.